The van der Waals surface area contributed by atoms with Gasteiger partial charge in [-0.05, 0) is 11.6 Å². The number of nitrogens with one attached hydrogen (secondary N) is 2. The molecule has 2 rings (SSSR count). The predicted molar refractivity (Wildman–Crippen MR) is 44.3 cm³/mol. The van der Waals surface area contributed by atoms with Crippen molar-refractivity contribution in [2.75, 3.05) is 12.4 Å². The van der Waals surface area contributed by atoms with Gasteiger partial charge in [0.05, 0.1) is 5.69 Å². The molecule has 58 valence electrons. The van der Waals surface area contributed by atoms with E-state index in [1.807, 2.05) is 13.1 Å². The Kier molecular flexibility index (Phi) is 1.51. The molecule has 1 aromatic rings. The number of hydrogen-bond acceptors (Lipinski definition) is 3. The minimum absolute atomic E-state index is 0.908. The summed E-state index contributed by atoms with van der Waals surface area (Å²) in [5.74, 6) is 0.951. The fourth-order valence-electron chi connectivity index (χ4n) is 1.30. The molecule has 11 heavy (non-hydrogen) atoms. The molecule has 0 saturated carbocycles. The van der Waals surface area contributed by atoms with Gasteiger partial charge < -0.3 is 10.6 Å². The highest BCUT2D eigenvalue weighted by Gasteiger charge is 2.10. The largest absolute Gasteiger partial charge is 0.373 e. The molecule has 0 atom stereocenters. The van der Waals surface area contributed by atoms with Crippen LogP contribution < -0.4 is 10.6 Å². The highest BCUT2D eigenvalue weighted by molar-refractivity contribution is 5.39. The minimum atomic E-state index is 0.908. The summed E-state index contributed by atoms with van der Waals surface area (Å²) in [6, 6.07) is 4.12. The summed E-state index contributed by atoms with van der Waals surface area (Å²) in [5.41, 5.74) is 2.50. The van der Waals surface area contributed by atoms with Gasteiger partial charge in [-0.1, -0.05) is 6.07 Å². The second kappa shape index (κ2) is 2.51. The van der Waals surface area contributed by atoms with Gasteiger partial charge in [0.2, 0.25) is 0 Å². The Bertz CT molecular complexity index is 270. The lowest BCUT2D eigenvalue weighted by molar-refractivity contribution is 0.758. The zero-order chi connectivity index (χ0) is 7.68. The van der Waals surface area contributed by atoms with Crippen LogP contribution in [0.4, 0.5) is 5.82 Å². The zero-order valence-corrected chi connectivity index (χ0v) is 6.52. The van der Waals surface area contributed by atoms with Crippen LogP contribution in [0.15, 0.2) is 12.1 Å². The molecule has 1 aromatic heterocycles. The van der Waals surface area contributed by atoms with Crippen LogP contribution in [0.1, 0.15) is 11.3 Å². The topological polar surface area (TPSA) is 37.0 Å². The maximum Gasteiger partial charge on any atom is 0.126 e. The standard InChI is InChI=1S/C8H11N3/c1-9-8-3-2-6-4-10-5-7(6)11-8/h2-3,10H,4-5H2,1H3,(H,9,11). The van der Waals surface area contributed by atoms with E-state index in [0.717, 1.165) is 18.9 Å². The smallest absolute Gasteiger partial charge is 0.126 e. The van der Waals surface area contributed by atoms with Crippen LogP contribution in [0, 0.1) is 0 Å². The van der Waals surface area contributed by atoms with Gasteiger partial charge >= 0.3 is 0 Å². The van der Waals surface area contributed by atoms with Crippen molar-refractivity contribution >= 4 is 5.82 Å². The summed E-state index contributed by atoms with van der Waals surface area (Å²) in [6.45, 7) is 1.87. The van der Waals surface area contributed by atoms with Crippen LogP contribution in [0.5, 0.6) is 0 Å². The molecule has 1 aliphatic heterocycles. The van der Waals surface area contributed by atoms with Crippen molar-refractivity contribution in [3.63, 3.8) is 0 Å². The highest BCUT2D eigenvalue weighted by Crippen LogP contribution is 2.14. The molecular formula is C8H11N3. The number of fused-ring (bicyclic) bond motifs is 1. The van der Waals surface area contributed by atoms with Gasteiger partial charge in [-0.3, -0.25) is 0 Å². The van der Waals surface area contributed by atoms with E-state index in [1.165, 1.54) is 11.3 Å². The van der Waals surface area contributed by atoms with Crippen molar-refractivity contribution in [2.45, 2.75) is 13.1 Å². The second-order valence-electron chi connectivity index (χ2n) is 2.66. The predicted octanol–water partition coefficient (Wildman–Crippen LogP) is 0.726. The monoisotopic (exact) mass is 149 g/mol. The lowest BCUT2D eigenvalue weighted by Crippen LogP contribution is -2.00. The van der Waals surface area contributed by atoms with Gasteiger partial charge in [-0.15, -0.1) is 0 Å². The first kappa shape index (κ1) is 6.61. The van der Waals surface area contributed by atoms with Gasteiger partial charge in [0.25, 0.3) is 0 Å². The first-order chi connectivity index (χ1) is 5.40. The first-order valence-electron chi connectivity index (χ1n) is 3.77. The van der Waals surface area contributed by atoms with E-state index in [-0.39, 0.29) is 0 Å². The van der Waals surface area contributed by atoms with E-state index in [9.17, 15) is 0 Å². The molecule has 0 unspecified atom stereocenters. The fourth-order valence-corrected chi connectivity index (χ4v) is 1.30. The quantitative estimate of drug-likeness (QED) is 0.618. The van der Waals surface area contributed by atoms with E-state index in [0.29, 0.717) is 0 Å². The molecule has 2 N–H and O–H groups in total. The average molecular weight is 149 g/mol. The van der Waals surface area contributed by atoms with Gasteiger partial charge in [-0.25, -0.2) is 4.98 Å². The Morgan fingerprint density at radius 2 is 2.36 bits per heavy atom. The highest BCUT2D eigenvalue weighted by atomic mass is 15.0. The Balaban J connectivity index is 2.41. The van der Waals surface area contributed by atoms with Gasteiger partial charge in [0, 0.05) is 20.1 Å². The van der Waals surface area contributed by atoms with Crippen LogP contribution >= 0.6 is 0 Å². The van der Waals surface area contributed by atoms with Crippen LogP contribution in [-0.2, 0) is 13.1 Å². The van der Waals surface area contributed by atoms with Crippen molar-refractivity contribution in [1.29, 1.82) is 0 Å². The SMILES string of the molecule is CNc1ccc2c(n1)CNC2. The maximum atomic E-state index is 4.40. The summed E-state index contributed by atoms with van der Waals surface area (Å²) in [5, 5.41) is 6.27. The number of aromatic nitrogens is 1. The maximum absolute atomic E-state index is 4.40. The van der Waals surface area contributed by atoms with Crippen LogP contribution in [-0.4, -0.2) is 12.0 Å². The van der Waals surface area contributed by atoms with E-state index in [4.69, 9.17) is 0 Å². The molecule has 1 aliphatic rings. The van der Waals surface area contributed by atoms with Crippen LogP contribution in [0.2, 0.25) is 0 Å². The third-order valence-electron chi connectivity index (χ3n) is 1.93. The van der Waals surface area contributed by atoms with E-state index in [1.54, 1.807) is 0 Å². The third kappa shape index (κ3) is 1.07. The molecule has 0 bridgehead atoms. The molecule has 0 spiro atoms. The number of nitrogens with zero attached hydrogens (tertiary/aromatic N) is 1. The summed E-state index contributed by atoms with van der Waals surface area (Å²) in [4.78, 5) is 4.40. The number of anilines is 1. The van der Waals surface area contributed by atoms with Crippen molar-refractivity contribution in [2.24, 2.45) is 0 Å². The second-order valence-corrected chi connectivity index (χ2v) is 2.66. The molecule has 3 nitrogen and oxygen atoms in total. The Morgan fingerprint density at radius 3 is 3.18 bits per heavy atom. The molecule has 0 fully saturated rings. The molecule has 0 radical (unpaired) electrons. The molecule has 3 heteroatoms. The summed E-state index contributed by atoms with van der Waals surface area (Å²) in [6.07, 6.45) is 0. The van der Waals surface area contributed by atoms with E-state index < -0.39 is 0 Å². The Labute approximate surface area is 65.8 Å². The lowest BCUT2D eigenvalue weighted by atomic mass is 10.2. The van der Waals surface area contributed by atoms with Crippen molar-refractivity contribution in [1.82, 2.24) is 10.3 Å². The number of rotatable bonds is 1. The molecule has 0 aliphatic carbocycles. The normalized spacial score (nSPS) is 14.6. The van der Waals surface area contributed by atoms with E-state index in [2.05, 4.69) is 21.7 Å². The number of hydrogen-bond donors (Lipinski definition) is 2. The Morgan fingerprint density at radius 1 is 1.45 bits per heavy atom. The molecular weight excluding hydrogens is 138 g/mol. The van der Waals surface area contributed by atoms with Gasteiger partial charge in [-0.2, -0.15) is 0 Å². The summed E-state index contributed by atoms with van der Waals surface area (Å²) >= 11 is 0. The molecule has 2 heterocycles. The average Bonchev–Trinajstić information content (AvgIpc) is 2.50. The molecule has 0 amide bonds. The van der Waals surface area contributed by atoms with Crippen LogP contribution in [0.3, 0.4) is 0 Å². The fraction of sp³-hybridized carbons (Fsp3) is 0.375. The third-order valence-corrected chi connectivity index (χ3v) is 1.93. The summed E-state index contributed by atoms with van der Waals surface area (Å²) < 4.78 is 0. The van der Waals surface area contributed by atoms with Gasteiger partial charge in [0.1, 0.15) is 5.82 Å². The lowest BCUT2D eigenvalue weighted by Gasteiger charge is -2.00. The molecule has 0 aromatic carbocycles. The van der Waals surface area contributed by atoms with Crippen LogP contribution in [0.25, 0.3) is 0 Å². The first-order valence-corrected chi connectivity index (χ1v) is 3.77. The zero-order valence-electron chi connectivity index (χ0n) is 6.52. The summed E-state index contributed by atoms with van der Waals surface area (Å²) in [7, 11) is 1.89. The van der Waals surface area contributed by atoms with E-state index >= 15 is 0 Å². The van der Waals surface area contributed by atoms with Crippen molar-refractivity contribution < 1.29 is 0 Å². The number of pyridine rings is 1. The minimum Gasteiger partial charge on any atom is -0.373 e. The van der Waals surface area contributed by atoms with Crippen molar-refractivity contribution in [3.05, 3.63) is 23.4 Å². The van der Waals surface area contributed by atoms with Crippen molar-refractivity contribution in [3.8, 4) is 0 Å². The molecule has 0 saturated heterocycles. The van der Waals surface area contributed by atoms with Gasteiger partial charge in [0.15, 0.2) is 0 Å². The Hall–Kier alpha value is -1.09.